The van der Waals surface area contributed by atoms with Crippen molar-refractivity contribution in [1.29, 1.82) is 0 Å². The van der Waals surface area contributed by atoms with Crippen molar-refractivity contribution in [3.63, 3.8) is 0 Å². The number of hydrogen-bond acceptors (Lipinski definition) is 3. The van der Waals surface area contributed by atoms with Gasteiger partial charge in [0.05, 0.1) is 11.9 Å². The van der Waals surface area contributed by atoms with Crippen LogP contribution in [0.2, 0.25) is 0 Å². The van der Waals surface area contributed by atoms with E-state index in [0.29, 0.717) is 11.5 Å². The third-order valence-corrected chi connectivity index (χ3v) is 4.69. The quantitative estimate of drug-likeness (QED) is 0.693. The van der Waals surface area contributed by atoms with Gasteiger partial charge < -0.3 is 5.32 Å². The Bertz CT molecular complexity index is 951. The Morgan fingerprint density at radius 1 is 0.778 bits per heavy atom. The number of hydrogen-bond donors (Lipinski definition) is 2. The zero-order valence-electron chi connectivity index (χ0n) is 14.7. The van der Waals surface area contributed by atoms with Crippen LogP contribution in [0, 0.1) is 0 Å². The van der Waals surface area contributed by atoms with E-state index in [-0.39, 0.29) is 5.91 Å². The van der Waals surface area contributed by atoms with Crippen LogP contribution in [0.15, 0.2) is 91.1 Å². The smallest absolute Gasteiger partial charge is 0.272 e. The van der Waals surface area contributed by atoms with Crippen LogP contribution in [-0.4, -0.2) is 22.2 Å². The first-order valence-corrected chi connectivity index (χ1v) is 8.91. The summed E-state index contributed by atoms with van der Waals surface area (Å²) in [6.07, 6.45) is 1.92. The molecule has 2 N–H and O–H groups in total. The van der Waals surface area contributed by atoms with Crippen molar-refractivity contribution in [2.75, 3.05) is 0 Å². The van der Waals surface area contributed by atoms with E-state index in [4.69, 9.17) is 0 Å². The van der Waals surface area contributed by atoms with Gasteiger partial charge in [-0.1, -0.05) is 84.9 Å². The summed E-state index contributed by atoms with van der Waals surface area (Å²) in [5.41, 5.74) is 4.98. The maximum atomic E-state index is 12.4. The van der Waals surface area contributed by atoms with Gasteiger partial charge in [-0.15, -0.1) is 0 Å². The molecule has 0 fully saturated rings. The Morgan fingerprint density at radius 2 is 1.33 bits per heavy atom. The number of carbonyl (C=O) groups is 1. The van der Waals surface area contributed by atoms with Crippen LogP contribution in [0.3, 0.4) is 0 Å². The zero-order chi connectivity index (χ0) is 18.6. The van der Waals surface area contributed by atoms with E-state index >= 15 is 0 Å². The highest BCUT2D eigenvalue weighted by Gasteiger charge is 2.28. The van der Waals surface area contributed by atoms with Gasteiger partial charge in [-0.3, -0.25) is 10.0 Å². The summed E-state index contributed by atoms with van der Waals surface area (Å²) < 4.78 is 0. The molecule has 1 aliphatic heterocycles. The highest BCUT2D eigenvalue weighted by atomic mass is 16.5. The molecule has 27 heavy (non-hydrogen) atoms. The van der Waals surface area contributed by atoms with Crippen LogP contribution in [0.25, 0.3) is 16.8 Å². The molecule has 0 saturated carbocycles. The van der Waals surface area contributed by atoms with E-state index in [1.807, 2.05) is 60.7 Å². The van der Waals surface area contributed by atoms with Crippen molar-refractivity contribution in [2.45, 2.75) is 12.5 Å². The fourth-order valence-corrected chi connectivity index (χ4v) is 3.25. The number of benzene rings is 3. The Hall–Kier alpha value is -3.37. The first kappa shape index (κ1) is 17.1. The predicted octanol–water partition coefficient (Wildman–Crippen LogP) is 4.08. The lowest BCUT2D eigenvalue weighted by Gasteiger charge is -2.29. The van der Waals surface area contributed by atoms with Gasteiger partial charge in [0, 0.05) is 6.42 Å². The van der Waals surface area contributed by atoms with Crippen molar-refractivity contribution in [1.82, 2.24) is 10.4 Å². The number of nitrogens with one attached hydrogen (secondary N) is 1. The Balaban J connectivity index is 1.52. The van der Waals surface area contributed by atoms with E-state index < -0.39 is 6.04 Å². The summed E-state index contributed by atoms with van der Waals surface area (Å²) in [7, 11) is 0. The molecule has 4 rings (SSSR count). The molecule has 0 radical (unpaired) electrons. The van der Waals surface area contributed by atoms with Crippen LogP contribution < -0.4 is 5.32 Å². The Morgan fingerprint density at radius 3 is 1.96 bits per heavy atom. The van der Waals surface area contributed by atoms with Crippen molar-refractivity contribution in [3.8, 4) is 11.1 Å². The number of hydroxylamine groups is 2. The minimum absolute atomic E-state index is 0.359. The Kier molecular flexibility index (Phi) is 4.73. The second kappa shape index (κ2) is 7.48. The summed E-state index contributed by atoms with van der Waals surface area (Å²) in [6, 6.07) is 27.5. The molecule has 3 aromatic rings. The molecule has 0 aliphatic carbocycles. The minimum atomic E-state index is -0.516. The van der Waals surface area contributed by atoms with E-state index in [1.54, 1.807) is 0 Å². The average Bonchev–Trinajstić information content (AvgIpc) is 2.73. The highest BCUT2D eigenvalue weighted by molar-refractivity contribution is 5.87. The molecule has 4 heteroatoms. The van der Waals surface area contributed by atoms with Gasteiger partial charge in [0.2, 0.25) is 0 Å². The van der Waals surface area contributed by atoms with Crippen molar-refractivity contribution in [3.05, 3.63) is 102 Å². The van der Waals surface area contributed by atoms with Gasteiger partial charge in [0.15, 0.2) is 0 Å². The van der Waals surface area contributed by atoms with E-state index in [0.717, 1.165) is 28.0 Å². The normalized spacial score (nSPS) is 16.6. The second-order valence-corrected chi connectivity index (χ2v) is 6.56. The predicted molar refractivity (Wildman–Crippen MR) is 106 cm³/mol. The van der Waals surface area contributed by atoms with Crippen molar-refractivity contribution in [2.24, 2.45) is 0 Å². The molecular formula is C23H20N2O2. The zero-order valence-corrected chi connectivity index (χ0v) is 14.7. The summed E-state index contributed by atoms with van der Waals surface area (Å²) in [4.78, 5) is 12.4. The average molecular weight is 356 g/mol. The SMILES string of the molecule is O=C1C(Cc2ccc(-c3ccccc3)cc2)NC(c2ccccc2)=CN1O. The molecule has 3 aromatic carbocycles. The van der Waals surface area contributed by atoms with Crippen LogP contribution in [0.4, 0.5) is 0 Å². The summed E-state index contributed by atoms with van der Waals surface area (Å²) in [5, 5.41) is 14.0. The fourth-order valence-electron chi connectivity index (χ4n) is 3.25. The molecular weight excluding hydrogens is 336 g/mol. The van der Waals surface area contributed by atoms with Crippen LogP contribution in [0.5, 0.6) is 0 Å². The van der Waals surface area contributed by atoms with Gasteiger partial charge in [-0.2, -0.15) is 5.06 Å². The molecule has 0 aromatic heterocycles. The molecule has 1 atom stereocenters. The Labute approximate surface area is 158 Å². The molecule has 0 saturated heterocycles. The molecule has 4 nitrogen and oxygen atoms in total. The van der Waals surface area contributed by atoms with E-state index in [2.05, 4.69) is 29.6 Å². The van der Waals surface area contributed by atoms with Gasteiger partial charge in [-0.25, -0.2) is 0 Å². The number of nitrogens with zero attached hydrogens (tertiary/aromatic N) is 1. The topological polar surface area (TPSA) is 52.6 Å². The third-order valence-electron chi connectivity index (χ3n) is 4.69. The first-order chi connectivity index (χ1) is 13.2. The van der Waals surface area contributed by atoms with Crippen molar-refractivity contribution >= 4 is 11.6 Å². The molecule has 0 spiro atoms. The molecule has 1 amide bonds. The number of amides is 1. The maximum absolute atomic E-state index is 12.4. The summed E-state index contributed by atoms with van der Waals surface area (Å²) in [6.45, 7) is 0. The molecule has 1 aliphatic rings. The van der Waals surface area contributed by atoms with E-state index in [1.165, 1.54) is 6.20 Å². The molecule has 1 heterocycles. The summed E-state index contributed by atoms with van der Waals surface area (Å²) in [5.74, 6) is -0.359. The molecule has 1 unspecified atom stereocenters. The standard InChI is InChI=1S/C23H20N2O2/c26-23-21(24-22(16-25(23)27)20-9-5-2-6-10-20)15-17-11-13-19(14-12-17)18-7-3-1-4-8-18/h1-14,16,21,24,27H,15H2. The minimum Gasteiger partial charge on any atom is -0.372 e. The number of rotatable bonds is 4. The highest BCUT2D eigenvalue weighted by Crippen LogP contribution is 2.22. The van der Waals surface area contributed by atoms with Gasteiger partial charge in [0.25, 0.3) is 5.91 Å². The molecule has 0 bridgehead atoms. The van der Waals surface area contributed by atoms with Gasteiger partial charge in [0.1, 0.15) is 6.04 Å². The van der Waals surface area contributed by atoms with Gasteiger partial charge >= 0.3 is 0 Å². The van der Waals surface area contributed by atoms with Gasteiger partial charge in [-0.05, 0) is 22.3 Å². The third kappa shape index (κ3) is 3.76. The first-order valence-electron chi connectivity index (χ1n) is 8.91. The lowest BCUT2D eigenvalue weighted by atomic mass is 9.99. The summed E-state index contributed by atoms with van der Waals surface area (Å²) >= 11 is 0. The second-order valence-electron chi connectivity index (χ2n) is 6.56. The lowest BCUT2D eigenvalue weighted by Crippen LogP contribution is -2.48. The fraction of sp³-hybridized carbons (Fsp3) is 0.0870. The van der Waals surface area contributed by atoms with Crippen LogP contribution >= 0.6 is 0 Å². The largest absolute Gasteiger partial charge is 0.372 e. The number of carbonyl (C=O) groups excluding carboxylic acids is 1. The van der Waals surface area contributed by atoms with Crippen LogP contribution in [-0.2, 0) is 11.2 Å². The van der Waals surface area contributed by atoms with Crippen LogP contribution in [0.1, 0.15) is 11.1 Å². The monoisotopic (exact) mass is 356 g/mol. The molecule has 134 valence electrons. The van der Waals surface area contributed by atoms with Crippen molar-refractivity contribution < 1.29 is 10.0 Å². The van der Waals surface area contributed by atoms with E-state index in [9.17, 15) is 10.0 Å². The lowest BCUT2D eigenvalue weighted by molar-refractivity contribution is -0.157. The maximum Gasteiger partial charge on any atom is 0.272 e.